The molecule has 1 aromatic carbocycles. The molecule has 2 heterocycles. The van der Waals surface area contributed by atoms with Crippen LogP contribution in [0.3, 0.4) is 0 Å². The Bertz CT molecular complexity index is 625. The molecule has 1 aromatic rings. The fourth-order valence-electron chi connectivity index (χ4n) is 3.08. The lowest BCUT2D eigenvalue weighted by Gasteiger charge is -2.17. The third kappa shape index (κ3) is 3.87. The van der Waals surface area contributed by atoms with E-state index in [1.807, 2.05) is 25.1 Å². The van der Waals surface area contributed by atoms with Crippen LogP contribution in [0.5, 0.6) is 5.75 Å². The number of hydrogen-bond acceptors (Lipinski definition) is 4. The molecule has 0 bridgehead atoms. The molecule has 0 aliphatic carbocycles. The first kappa shape index (κ1) is 16.8. The van der Waals surface area contributed by atoms with Crippen molar-refractivity contribution >= 4 is 17.5 Å². The second-order valence-corrected chi connectivity index (χ2v) is 6.61. The van der Waals surface area contributed by atoms with E-state index >= 15 is 0 Å². The zero-order chi connectivity index (χ0) is 17.1. The second kappa shape index (κ2) is 7.21. The van der Waals surface area contributed by atoms with Crippen molar-refractivity contribution in [2.45, 2.75) is 32.3 Å². The van der Waals surface area contributed by atoms with E-state index in [2.05, 4.69) is 5.32 Å². The Kier molecular flexibility index (Phi) is 5.04. The molecule has 2 unspecified atom stereocenters. The number of carbonyl (C=O) groups is 2. The Balaban J connectivity index is 1.65. The van der Waals surface area contributed by atoms with Gasteiger partial charge in [0.25, 0.3) is 0 Å². The molecule has 6 nitrogen and oxygen atoms in total. The van der Waals surface area contributed by atoms with E-state index < -0.39 is 0 Å². The van der Waals surface area contributed by atoms with Crippen molar-refractivity contribution in [3.63, 3.8) is 0 Å². The standard InChI is InChI=1S/C18H24N2O4/c1-12-5-6-15(16(8-12)24-11-14-4-3-7-23-14)19-18(22)13-9-17(21)20(2)10-13/h5-6,8,13-14H,3-4,7,9-11H2,1-2H3,(H,19,22). The number of benzene rings is 1. The Labute approximate surface area is 142 Å². The number of hydrogen-bond donors (Lipinski definition) is 1. The highest BCUT2D eigenvalue weighted by Gasteiger charge is 2.32. The third-order valence-electron chi connectivity index (χ3n) is 4.56. The monoisotopic (exact) mass is 332 g/mol. The van der Waals surface area contributed by atoms with E-state index in [-0.39, 0.29) is 30.3 Å². The number of aryl methyl sites for hydroxylation is 1. The Morgan fingerprint density at radius 2 is 2.29 bits per heavy atom. The molecule has 0 saturated carbocycles. The topological polar surface area (TPSA) is 67.9 Å². The number of amides is 2. The van der Waals surface area contributed by atoms with Crippen LogP contribution in [-0.4, -0.2) is 49.6 Å². The lowest BCUT2D eigenvalue weighted by atomic mass is 10.1. The molecule has 2 saturated heterocycles. The number of carbonyl (C=O) groups excluding carboxylic acids is 2. The predicted octanol–water partition coefficient (Wildman–Crippen LogP) is 1.97. The number of ether oxygens (including phenoxy) is 2. The van der Waals surface area contributed by atoms with Crippen LogP contribution < -0.4 is 10.1 Å². The Hall–Kier alpha value is -2.08. The number of nitrogens with one attached hydrogen (secondary N) is 1. The quantitative estimate of drug-likeness (QED) is 0.895. The molecule has 1 N–H and O–H groups in total. The van der Waals surface area contributed by atoms with Gasteiger partial charge in [-0.05, 0) is 37.5 Å². The van der Waals surface area contributed by atoms with Gasteiger partial charge in [0, 0.05) is 26.6 Å². The van der Waals surface area contributed by atoms with E-state index in [1.165, 1.54) is 0 Å². The van der Waals surface area contributed by atoms with Gasteiger partial charge in [-0.15, -0.1) is 0 Å². The molecule has 130 valence electrons. The van der Waals surface area contributed by atoms with Crippen molar-refractivity contribution < 1.29 is 19.1 Å². The number of anilines is 1. The van der Waals surface area contributed by atoms with Crippen LogP contribution in [0, 0.1) is 12.8 Å². The van der Waals surface area contributed by atoms with Gasteiger partial charge in [0.1, 0.15) is 12.4 Å². The number of rotatable bonds is 5. The van der Waals surface area contributed by atoms with Crippen molar-refractivity contribution in [2.24, 2.45) is 5.92 Å². The van der Waals surface area contributed by atoms with Gasteiger partial charge in [-0.25, -0.2) is 0 Å². The smallest absolute Gasteiger partial charge is 0.229 e. The zero-order valence-corrected chi connectivity index (χ0v) is 14.2. The van der Waals surface area contributed by atoms with Crippen LogP contribution in [-0.2, 0) is 14.3 Å². The minimum absolute atomic E-state index is 0.00825. The second-order valence-electron chi connectivity index (χ2n) is 6.61. The maximum absolute atomic E-state index is 12.4. The summed E-state index contributed by atoms with van der Waals surface area (Å²) in [5, 5.41) is 2.91. The largest absolute Gasteiger partial charge is 0.489 e. The van der Waals surface area contributed by atoms with E-state index in [9.17, 15) is 9.59 Å². The van der Waals surface area contributed by atoms with E-state index in [0.717, 1.165) is 25.0 Å². The molecule has 2 aliphatic heterocycles. The van der Waals surface area contributed by atoms with E-state index in [4.69, 9.17) is 9.47 Å². The third-order valence-corrected chi connectivity index (χ3v) is 4.56. The van der Waals surface area contributed by atoms with Crippen molar-refractivity contribution in [3.05, 3.63) is 23.8 Å². The van der Waals surface area contributed by atoms with Gasteiger partial charge in [-0.3, -0.25) is 9.59 Å². The number of likely N-dealkylation sites (tertiary alicyclic amines) is 1. The highest BCUT2D eigenvalue weighted by molar-refractivity contribution is 5.98. The SMILES string of the molecule is Cc1ccc(NC(=O)C2CC(=O)N(C)C2)c(OCC2CCCO2)c1. The summed E-state index contributed by atoms with van der Waals surface area (Å²) in [5.74, 6) is 0.207. The van der Waals surface area contributed by atoms with Gasteiger partial charge in [0.15, 0.2) is 0 Å². The molecule has 2 fully saturated rings. The molecule has 2 aliphatic rings. The summed E-state index contributed by atoms with van der Waals surface area (Å²) in [5.41, 5.74) is 1.71. The minimum atomic E-state index is -0.310. The van der Waals surface area contributed by atoms with Gasteiger partial charge in [-0.1, -0.05) is 6.07 Å². The number of nitrogens with zero attached hydrogens (tertiary/aromatic N) is 1. The average Bonchev–Trinajstić information content (AvgIpc) is 3.18. The van der Waals surface area contributed by atoms with Gasteiger partial charge in [0.05, 0.1) is 17.7 Å². The summed E-state index contributed by atoms with van der Waals surface area (Å²) >= 11 is 0. The van der Waals surface area contributed by atoms with Crippen molar-refractivity contribution in [2.75, 3.05) is 32.1 Å². The van der Waals surface area contributed by atoms with Gasteiger partial charge in [-0.2, -0.15) is 0 Å². The van der Waals surface area contributed by atoms with E-state index in [0.29, 0.717) is 24.6 Å². The first-order valence-electron chi connectivity index (χ1n) is 8.43. The lowest BCUT2D eigenvalue weighted by molar-refractivity contribution is -0.127. The van der Waals surface area contributed by atoms with Crippen LogP contribution in [0.2, 0.25) is 0 Å². The molecule has 0 spiro atoms. The maximum atomic E-state index is 12.4. The van der Waals surface area contributed by atoms with Gasteiger partial charge in [0.2, 0.25) is 11.8 Å². The normalized spacial score (nSPS) is 23.6. The van der Waals surface area contributed by atoms with Crippen LogP contribution in [0.15, 0.2) is 18.2 Å². The highest BCUT2D eigenvalue weighted by Crippen LogP contribution is 2.28. The summed E-state index contributed by atoms with van der Waals surface area (Å²) in [7, 11) is 1.72. The molecule has 2 atom stereocenters. The predicted molar refractivity (Wildman–Crippen MR) is 90.0 cm³/mol. The summed E-state index contributed by atoms with van der Waals surface area (Å²) in [6, 6.07) is 5.69. The lowest BCUT2D eigenvalue weighted by Crippen LogP contribution is -2.26. The van der Waals surface area contributed by atoms with Crippen molar-refractivity contribution in [1.82, 2.24) is 4.90 Å². The zero-order valence-electron chi connectivity index (χ0n) is 14.2. The van der Waals surface area contributed by atoms with Gasteiger partial charge < -0.3 is 19.7 Å². The summed E-state index contributed by atoms with van der Waals surface area (Å²) in [6.07, 6.45) is 2.45. The fourth-order valence-corrected chi connectivity index (χ4v) is 3.08. The summed E-state index contributed by atoms with van der Waals surface area (Å²) < 4.78 is 11.5. The van der Waals surface area contributed by atoms with E-state index in [1.54, 1.807) is 11.9 Å². The first-order chi connectivity index (χ1) is 11.5. The van der Waals surface area contributed by atoms with Crippen LogP contribution in [0.1, 0.15) is 24.8 Å². The molecule has 3 rings (SSSR count). The maximum Gasteiger partial charge on any atom is 0.229 e. The molecule has 0 radical (unpaired) electrons. The minimum Gasteiger partial charge on any atom is -0.489 e. The van der Waals surface area contributed by atoms with Crippen molar-refractivity contribution in [3.8, 4) is 5.75 Å². The molecular formula is C18H24N2O4. The summed E-state index contributed by atoms with van der Waals surface area (Å²) in [4.78, 5) is 25.6. The molecule has 2 amide bonds. The average molecular weight is 332 g/mol. The Morgan fingerprint density at radius 3 is 2.96 bits per heavy atom. The van der Waals surface area contributed by atoms with Crippen LogP contribution in [0.4, 0.5) is 5.69 Å². The molecular weight excluding hydrogens is 308 g/mol. The Morgan fingerprint density at radius 1 is 1.46 bits per heavy atom. The molecule has 6 heteroatoms. The fraction of sp³-hybridized carbons (Fsp3) is 0.556. The van der Waals surface area contributed by atoms with Crippen LogP contribution >= 0.6 is 0 Å². The van der Waals surface area contributed by atoms with Crippen LogP contribution in [0.25, 0.3) is 0 Å². The first-order valence-corrected chi connectivity index (χ1v) is 8.43. The molecule has 0 aromatic heterocycles. The summed E-state index contributed by atoms with van der Waals surface area (Å²) in [6.45, 7) is 3.71. The van der Waals surface area contributed by atoms with Crippen molar-refractivity contribution in [1.29, 1.82) is 0 Å². The highest BCUT2D eigenvalue weighted by atomic mass is 16.5. The molecule has 24 heavy (non-hydrogen) atoms. The van der Waals surface area contributed by atoms with Gasteiger partial charge >= 0.3 is 0 Å².